The topological polar surface area (TPSA) is 84.3 Å². The van der Waals surface area contributed by atoms with Gasteiger partial charge in [-0.15, -0.1) is 0 Å². The highest BCUT2D eigenvalue weighted by Crippen LogP contribution is 2.29. The van der Waals surface area contributed by atoms with E-state index in [1.807, 2.05) is 6.92 Å². The largest absolute Gasteiger partial charge is 0.394 e. The van der Waals surface area contributed by atoms with Crippen LogP contribution in [0.5, 0.6) is 0 Å². The quantitative estimate of drug-likeness (QED) is 0.814. The molecule has 1 aliphatic rings. The molecule has 0 radical (unpaired) electrons. The molecular weight excluding hydrogens is 255 g/mol. The minimum absolute atomic E-state index is 0.0112. The van der Waals surface area contributed by atoms with E-state index in [9.17, 15) is 14.0 Å². The third-order valence-electron chi connectivity index (χ3n) is 3.21. The van der Waals surface area contributed by atoms with Crippen molar-refractivity contribution < 1.29 is 14.2 Å². The Balaban J connectivity index is 2.33. The van der Waals surface area contributed by atoms with Crippen LogP contribution in [0.15, 0.2) is 15.8 Å². The number of halogens is 1. The average molecular weight is 272 g/mol. The van der Waals surface area contributed by atoms with Crippen molar-refractivity contribution in [2.24, 2.45) is 0 Å². The Labute approximate surface area is 108 Å². The molecule has 7 heteroatoms. The third kappa shape index (κ3) is 2.76. The van der Waals surface area contributed by atoms with Gasteiger partial charge in [0.25, 0.3) is 5.56 Å². The van der Waals surface area contributed by atoms with Crippen LogP contribution in [0.1, 0.15) is 31.6 Å². The Kier molecular flexibility index (Phi) is 4.16. The molecular formula is C12H17FN2O4. The van der Waals surface area contributed by atoms with Crippen LogP contribution in [-0.2, 0) is 11.2 Å². The lowest BCUT2D eigenvalue weighted by atomic mass is 10.2. The van der Waals surface area contributed by atoms with E-state index >= 15 is 0 Å². The summed E-state index contributed by atoms with van der Waals surface area (Å²) >= 11 is 0. The first-order valence-electron chi connectivity index (χ1n) is 6.31. The number of rotatable bonds is 4. The summed E-state index contributed by atoms with van der Waals surface area (Å²) in [5.74, 6) is 0. The van der Waals surface area contributed by atoms with Crippen molar-refractivity contribution >= 4 is 0 Å². The first kappa shape index (κ1) is 14.0. The molecule has 3 atom stereocenters. The smallest absolute Gasteiger partial charge is 0.330 e. The molecule has 1 aromatic heterocycles. The van der Waals surface area contributed by atoms with Crippen molar-refractivity contribution in [1.82, 2.24) is 9.55 Å². The number of alkyl halides is 1. The van der Waals surface area contributed by atoms with Crippen molar-refractivity contribution in [3.8, 4) is 0 Å². The second-order valence-electron chi connectivity index (χ2n) is 4.63. The fourth-order valence-electron chi connectivity index (χ4n) is 2.21. The number of aliphatic hydroxyl groups is 1. The zero-order valence-electron chi connectivity index (χ0n) is 10.6. The Hall–Kier alpha value is -1.47. The fraction of sp³-hybridized carbons (Fsp3) is 0.667. The predicted molar refractivity (Wildman–Crippen MR) is 65.8 cm³/mol. The van der Waals surface area contributed by atoms with Crippen LogP contribution in [-0.4, -0.2) is 33.5 Å². The Bertz CT molecular complexity index is 553. The highest BCUT2D eigenvalue weighted by molar-refractivity contribution is 5.05. The number of H-pyrrole nitrogens is 1. The van der Waals surface area contributed by atoms with Crippen molar-refractivity contribution in [1.29, 1.82) is 0 Å². The molecule has 19 heavy (non-hydrogen) atoms. The first-order valence-corrected chi connectivity index (χ1v) is 6.31. The second kappa shape index (κ2) is 5.66. The molecule has 2 rings (SSSR count). The number of aryl methyl sites for hydroxylation is 1. The molecule has 0 amide bonds. The minimum atomic E-state index is -1.32. The summed E-state index contributed by atoms with van der Waals surface area (Å²) in [4.78, 5) is 25.5. The van der Waals surface area contributed by atoms with Crippen LogP contribution in [0, 0.1) is 0 Å². The minimum Gasteiger partial charge on any atom is -0.394 e. The average Bonchev–Trinajstić information content (AvgIpc) is 2.74. The van der Waals surface area contributed by atoms with Crippen LogP contribution in [0.25, 0.3) is 0 Å². The van der Waals surface area contributed by atoms with Crippen LogP contribution < -0.4 is 11.2 Å². The van der Waals surface area contributed by atoms with Gasteiger partial charge in [0.1, 0.15) is 18.5 Å². The summed E-state index contributed by atoms with van der Waals surface area (Å²) in [6, 6.07) is 0. The van der Waals surface area contributed by atoms with E-state index in [1.54, 1.807) is 0 Å². The van der Waals surface area contributed by atoms with Gasteiger partial charge in [0.2, 0.25) is 0 Å². The number of aromatic amines is 1. The molecule has 2 N–H and O–H groups in total. The molecule has 6 nitrogen and oxygen atoms in total. The Morgan fingerprint density at radius 1 is 1.58 bits per heavy atom. The van der Waals surface area contributed by atoms with E-state index in [2.05, 4.69) is 4.98 Å². The van der Waals surface area contributed by atoms with Gasteiger partial charge in [0.05, 0.1) is 6.61 Å². The van der Waals surface area contributed by atoms with Gasteiger partial charge < -0.3 is 9.84 Å². The molecule has 2 heterocycles. The molecule has 1 aliphatic heterocycles. The molecule has 106 valence electrons. The maximum absolute atomic E-state index is 13.5. The number of hydrogen-bond donors (Lipinski definition) is 2. The van der Waals surface area contributed by atoms with Crippen LogP contribution >= 0.6 is 0 Å². The number of aromatic nitrogens is 2. The van der Waals surface area contributed by atoms with Gasteiger partial charge >= 0.3 is 5.69 Å². The van der Waals surface area contributed by atoms with Gasteiger partial charge in [-0.05, 0) is 6.42 Å². The van der Waals surface area contributed by atoms with Gasteiger partial charge in [0.15, 0.2) is 0 Å². The number of nitrogens with zero attached hydrogens (tertiary/aromatic N) is 1. The van der Waals surface area contributed by atoms with E-state index in [4.69, 9.17) is 9.84 Å². The van der Waals surface area contributed by atoms with Crippen molar-refractivity contribution in [3.05, 3.63) is 32.6 Å². The zero-order chi connectivity index (χ0) is 14.0. The molecule has 1 aromatic rings. The Morgan fingerprint density at radius 3 is 2.89 bits per heavy atom. The molecule has 0 bridgehead atoms. The van der Waals surface area contributed by atoms with Gasteiger partial charge in [-0.3, -0.25) is 14.3 Å². The van der Waals surface area contributed by atoms with Crippen LogP contribution in [0.3, 0.4) is 0 Å². The second-order valence-corrected chi connectivity index (χ2v) is 4.63. The van der Waals surface area contributed by atoms with E-state index in [1.165, 1.54) is 10.8 Å². The van der Waals surface area contributed by atoms with Gasteiger partial charge in [-0.2, -0.15) is 0 Å². The summed E-state index contributed by atoms with van der Waals surface area (Å²) in [5.41, 5.74) is -0.578. The van der Waals surface area contributed by atoms with E-state index in [0.29, 0.717) is 12.0 Å². The maximum atomic E-state index is 13.5. The monoisotopic (exact) mass is 272 g/mol. The van der Waals surface area contributed by atoms with Crippen LogP contribution in [0.4, 0.5) is 4.39 Å². The molecule has 1 fully saturated rings. The maximum Gasteiger partial charge on any atom is 0.330 e. The highest BCUT2D eigenvalue weighted by Gasteiger charge is 2.36. The van der Waals surface area contributed by atoms with Crippen molar-refractivity contribution in [2.75, 3.05) is 6.61 Å². The van der Waals surface area contributed by atoms with Gasteiger partial charge in [0, 0.05) is 18.2 Å². The highest BCUT2D eigenvalue weighted by atomic mass is 19.1. The number of nitrogens with one attached hydrogen (secondary N) is 1. The van der Waals surface area contributed by atoms with Gasteiger partial charge in [-0.25, -0.2) is 9.18 Å². The molecule has 0 saturated carbocycles. The summed E-state index contributed by atoms with van der Waals surface area (Å²) < 4.78 is 20.0. The summed E-state index contributed by atoms with van der Waals surface area (Å²) in [6.07, 6.45) is -0.318. The summed E-state index contributed by atoms with van der Waals surface area (Å²) in [5, 5.41) is 8.94. The number of aliphatic hydroxyl groups excluding tert-OH is 1. The SMILES string of the molecule is CCCc1cn([C@@H]2C[C@H](F)[C@@H](CO)O2)c(=O)[nH]c1=O. The normalized spacial score (nSPS) is 26.8. The predicted octanol–water partition coefficient (Wildman–Crippen LogP) is 0.107. The first-order chi connectivity index (χ1) is 9.06. The molecule has 0 aliphatic carbocycles. The molecule has 0 unspecified atom stereocenters. The van der Waals surface area contributed by atoms with Gasteiger partial charge in [-0.1, -0.05) is 13.3 Å². The van der Waals surface area contributed by atoms with E-state index < -0.39 is 36.4 Å². The van der Waals surface area contributed by atoms with E-state index in [-0.39, 0.29) is 6.42 Å². The lowest BCUT2D eigenvalue weighted by Gasteiger charge is -2.15. The molecule has 1 saturated heterocycles. The summed E-state index contributed by atoms with van der Waals surface area (Å²) in [7, 11) is 0. The lowest BCUT2D eigenvalue weighted by molar-refractivity contribution is -0.0357. The molecule has 0 aromatic carbocycles. The fourth-order valence-corrected chi connectivity index (χ4v) is 2.21. The number of ether oxygens (including phenoxy) is 1. The number of hydrogen-bond acceptors (Lipinski definition) is 4. The molecule has 0 spiro atoms. The van der Waals surface area contributed by atoms with Crippen molar-refractivity contribution in [2.45, 2.75) is 44.7 Å². The summed E-state index contributed by atoms with van der Waals surface area (Å²) in [6.45, 7) is 1.48. The lowest BCUT2D eigenvalue weighted by Crippen LogP contribution is -2.34. The third-order valence-corrected chi connectivity index (χ3v) is 3.21. The van der Waals surface area contributed by atoms with E-state index in [0.717, 1.165) is 6.42 Å². The van der Waals surface area contributed by atoms with Crippen LogP contribution in [0.2, 0.25) is 0 Å². The van der Waals surface area contributed by atoms with Crippen molar-refractivity contribution in [3.63, 3.8) is 0 Å². The standard InChI is InChI=1S/C12H17FN2O4/c1-2-3-7-5-15(12(18)14-11(7)17)10-4-8(13)9(6-16)19-10/h5,8-10,16H,2-4,6H2,1H3,(H,14,17,18)/t8-,9+,10-/m0/s1. The Morgan fingerprint density at radius 2 is 2.32 bits per heavy atom. The zero-order valence-corrected chi connectivity index (χ0v) is 10.6.